The molecule has 7 nitrogen and oxygen atoms in total. The average Bonchev–Trinajstić information content (AvgIpc) is 3.67. The number of aromatic nitrogens is 2. The standard InChI is InChI=1S/C30H31F2N5O2/c1-3-4-11-37-12-5-6-22(37)16-39-28-27(34-17-35-29(28)33)24-14-21(31)15-26(18(24)2)36-30(38)23-10-9-20(13-25(23)32)19-7-8-19/h9-10,13-15,17,19,22H,5-8,11-12,16H2,1-2H3,(H,36,38)(H2,33,34,35). The lowest BCUT2D eigenvalue weighted by molar-refractivity contribution is 0.102. The fraction of sp³-hybridized carbons (Fsp3) is 0.367. The van der Waals surface area contributed by atoms with Crippen LogP contribution in [0.1, 0.15) is 60.0 Å². The van der Waals surface area contributed by atoms with Crippen molar-refractivity contribution in [1.29, 1.82) is 0 Å². The summed E-state index contributed by atoms with van der Waals surface area (Å²) in [6, 6.07) is 7.32. The number of nitrogen functional groups attached to an aromatic ring is 1. The Morgan fingerprint density at radius 3 is 2.77 bits per heavy atom. The molecule has 2 heterocycles. The molecule has 0 bridgehead atoms. The molecule has 3 aromatic rings. The minimum Gasteiger partial charge on any atom is -0.486 e. The van der Waals surface area contributed by atoms with Crippen LogP contribution in [0.25, 0.3) is 11.3 Å². The van der Waals surface area contributed by atoms with Crippen molar-refractivity contribution in [2.45, 2.75) is 51.5 Å². The molecule has 2 aliphatic rings. The van der Waals surface area contributed by atoms with Gasteiger partial charge in [-0.2, -0.15) is 0 Å². The first-order valence-corrected chi connectivity index (χ1v) is 13.1. The van der Waals surface area contributed by atoms with Gasteiger partial charge in [0.1, 0.15) is 30.3 Å². The Hall–Kier alpha value is -4.03. The van der Waals surface area contributed by atoms with Crippen LogP contribution in [-0.4, -0.2) is 46.5 Å². The second-order valence-corrected chi connectivity index (χ2v) is 10.0. The number of carbonyl (C=O) groups excluding carboxylic acids is 1. The van der Waals surface area contributed by atoms with Crippen LogP contribution in [0.4, 0.5) is 20.3 Å². The maximum atomic E-state index is 14.8. The number of hydrogen-bond donors (Lipinski definition) is 2. The summed E-state index contributed by atoms with van der Waals surface area (Å²) in [6.07, 6.45) is 5.35. The third-order valence-corrected chi connectivity index (χ3v) is 7.37. The molecule has 202 valence electrons. The molecule has 1 amide bonds. The van der Waals surface area contributed by atoms with Gasteiger partial charge in [0.2, 0.25) is 0 Å². The van der Waals surface area contributed by atoms with Crippen molar-refractivity contribution >= 4 is 17.4 Å². The van der Waals surface area contributed by atoms with E-state index in [9.17, 15) is 13.6 Å². The number of hydrogen-bond acceptors (Lipinski definition) is 6. The first-order valence-electron chi connectivity index (χ1n) is 13.1. The predicted octanol–water partition coefficient (Wildman–Crippen LogP) is 5.31. The van der Waals surface area contributed by atoms with Crippen molar-refractivity contribution in [3.8, 4) is 28.8 Å². The van der Waals surface area contributed by atoms with Gasteiger partial charge in [-0.1, -0.05) is 12.0 Å². The molecule has 1 aliphatic carbocycles. The molecule has 2 aromatic carbocycles. The van der Waals surface area contributed by atoms with Crippen LogP contribution < -0.4 is 15.8 Å². The van der Waals surface area contributed by atoms with Gasteiger partial charge in [-0.05, 0) is 87.4 Å². The SMILES string of the molecule is CC#CCN1CCCC1COc1c(N)ncnc1-c1cc(F)cc(NC(=O)c2ccc(C3CC3)cc2F)c1C. The molecule has 1 saturated carbocycles. The summed E-state index contributed by atoms with van der Waals surface area (Å²) in [4.78, 5) is 23.7. The summed E-state index contributed by atoms with van der Waals surface area (Å²) in [5.41, 5.74) is 8.40. The van der Waals surface area contributed by atoms with E-state index in [-0.39, 0.29) is 28.9 Å². The molecule has 1 saturated heterocycles. The zero-order chi connectivity index (χ0) is 27.5. The second kappa shape index (κ2) is 11.4. The molecule has 5 rings (SSSR count). The topological polar surface area (TPSA) is 93.4 Å². The molecule has 0 spiro atoms. The molecule has 0 radical (unpaired) electrons. The number of halogens is 2. The molecule has 1 aliphatic heterocycles. The molecule has 1 unspecified atom stereocenters. The summed E-state index contributed by atoms with van der Waals surface area (Å²) in [6.45, 7) is 5.49. The van der Waals surface area contributed by atoms with Gasteiger partial charge in [-0.15, -0.1) is 5.92 Å². The Balaban J connectivity index is 1.40. The quantitative estimate of drug-likeness (QED) is 0.383. The van der Waals surface area contributed by atoms with Crippen LogP contribution >= 0.6 is 0 Å². The molecular weight excluding hydrogens is 500 g/mol. The Morgan fingerprint density at radius 1 is 1.21 bits per heavy atom. The van der Waals surface area contributed by atoms with Crippen molar-refractivity contribution in [2.24, 2.45) is 0 Å². The number of anilines is 2. The van der Waals surface area contributed by atoms with E-state index in [0.717, 1.165) is 37.8 Å². The predicted molar refractivity (Wildman–Crippen MR) is 146 cm³/mol. The fourth-order valence-corrected chi connectivity index (χ4v) is 5.00. The Bertz CT molecular complexity index is 1460. The number of ether oxygens (including phenoxy) is 1. The summed E-state index contributed by atoms with van der Waals surface area (Å²) in [7, 11) is 0. The van der Waals surface area contributed by atoms with Crippen LogP contribution in [0.5, 0.6) is 5.75 Å². The summed E-state index contributed by atoms with van der Waals surface area (Å²) < 4.78 is 35.7. The van der Waals surface area contributed by atoms with Crippen LogP contribution in [0.3, 0.4) is 0 Å². The minimum absolute atomic E-state index is 0.103. The van der Waals surface area contributed by atoms with E-state index in [1.807, 2.05) is 6.92 Å². The highest BCUT2D eigenvalue weighted by molar-refractivity contribution is 6.05. The van der Waals surface area contributed by atoms with Crippen molar-refractivity contribution in [1.82, 2.24) is 14.9 Å². The second-order valence-electron chi connectivity index (χ2n) is 10.0. The van der Waals surface area contributed by atoms with E-state index < -0.39 is 17.5 Å². The zero-order valence-corrected chi connectivity index (χ0v) is 22.1. The van der Waals surface area contributed by atoms with Gasteiger partial charge in [-0.3, -0.25) is 9.69 Å². The number of carbonyl (C=O) groups is 1. The molecule has 1 atom stereocenters. The molecule has 39 heavy (non-hydrogen) atoms. The monoisotopic (exact) mass is 531 g/mol. The van der Waals surface area contributed by atoms with Crippen molar-refractivity contribution in [2.75, 3.05) is 30.7 Å². The number of nitrogens with two attached hydrogens (primary N) is 1. The minimum atomic E-state index is -0.662. The third kappa shape index (κ3) is 5.86. The van der Waals surface area contributed by atoms with Gasteiger partial charge >= 0.3 is 0 Å². The molecule has 1 aromatic heterocycles. The first kappa shape index (κ1) is 26.6. The lowest BCUT2D eigenvalue weighted by Crippen LogP contribution is -2.34. The van der Waals surface area contributed by atoms with Gasteiger partial charge in [0.05, 0.1) is 12.1 Å². The van der Waals surface area contributed by atoms with Gasteiger partial charge in [0.15, 0.2) is 11.6 Å². The van der Waals surface area contributed by atoms with E-state index >= 15 is 0 Å². The van der Waals surface area contributed by atoms with E-state index in [1.54, 1.807) is 13.0 Å². The highest BCUT2D eigenvalue weighted by Crippen LogP contribution is 2.41. The van der Waals surface area contributed by atoms with E-state index in [2.05, 4.69) is 32.0 Å². The van der Waals surface area contributed by atoms with E-state index in [0.29, 0.717) is 35.9 Å². The fourth-order valence-electron chi connectivity index (χ4n) is 5.00. The Morgan fingerprint density at radius 2 is 2.03 bits per heavy atom. The number of nitrogens with zero attached hydrogens (tertiary/aromatic N) is 3. The summed E-state index contributed by atoms with van der Waals surface area (Å²) in [5.74, 6) is 4.90. The first-order chi connectivity index (χ1) is 18.9. The molecule has 3 N–H and O–H groups in total. The van der Waals surface area contributed by atoms with E-state index in [4.69, 9.17) is 10.5 Å². The van der Waals surface area contributed by atoms with Gasteiger partial charge in [-0.25, -0.2) is 18.7 Å². The van der Waals surface area contributed by atoms with Gasteiger partial charge in [0.25, 0.3) is 5.91 Å². The Labute approximate surface area is 226 Å². The van der Waals surface area contributed by atoms with Gasteiger partial charge < -0.3 is 15.8 Å². The molecule has 9 heteroatoms. The normalized spacial score (nSPS) is 17.0. The lowest BCUT2D eigenvalue weighted by Gasteiger charge is -2.23. The highest BCUT2D eigenvalue weighted by atomic mass is 19.1. The lowest BCUT2D eigenvalue weighted by atomic mass is 10.0. The maximum Gasteiger partial charge on any atom is 0.258 e. The maximum absolute atomic E-state index is 14.8. The highest BCUT2D eigenvalue weighted by Gasteiger charge is 2.27. The molecule has 2 fully saturated rings. The van der Waals surface area contributed by atoms with Crippen molar-refractivity contribution in [3.63, 3.8) is 0 Å². The van der Waals surface area contributed by atoms with E-state index in [1.165, 1.54) is 30.6 Å². The van der Waals surface area contributed by atoms with Crippen LogP contribution in [-0.2, 0) is 0 Å². The summed E-state index contributed by atoms with van der Waals surface area (Å²) >= 11 is 0. The zero-order valence-electron chi connectivity index (χ0n) is 22.1. The smallest absolute Gasteiger partial charge is 0.258 e. The average molecular weight is 532 g/mol. The Kier molecular flexibility index (Phi) is 7.75. The van der Waals surface area contributed by atoms with Crippen molar-refractivity contribution < 1.29 is 18.3 Å². The van der Waals surface area contributed by atoms with Crippen LogP contribution in [0.15, 0.2) is 36.7 Å². The van der Waals surface area contributed by atoms with Gasteiger partial charge in [0, 0.05) is 17.3 Å². The summed E-state index contributed by atoms with van der Waals surface area (Å²) in [5, 5.41) is 2.66. The number of rotatable bonds is 8. The third-order valence-electron chi connectivity index (χ3n) is 7.37. The number of nitrogens with one attached hydrogen (secondary N) is 1. The van der Waals surface area contributed by atoms with Crippen molar-refractivity contribution in [3.05, 3.63) is 65.0 Å². The number of amides is 1. The number of benzene rings is 2. The van der Waals surface area contributed by atoms with Crippen LogP contribution in [0, 0.1) is 30.4 Å². The largest absolute Gasteiger partial charge is 0.486 e. The van der Waals surface area contributed by atoms with Crippen LogP contribution in [0.2, 0.25) is 0 Å². The number of likely N-dealkylation sites (tertiary alicyclic amines) is 1. The molecular formula is C30H31F2N5O2.